The maximum absolute atomic E-state index is 4.45. The van der Waals surface area contributed by atoms with Crippen LogP contribution in [0.1, 0.15) is 65.1 Å². The number of nitrogens with one attached hydrogen (secondary N) is 1. The highest BCUT2D eigenvalue weighted by Crippen LogP contribution is 2.13. The van der Waals surface area contributed by atoms with Crippen molar-refractivity contribution in [1.29, 1.82) is 0 Å². The maximum atomic E-state index is 4.45. The number of aryl methyl sites for hydroxylation is 1. The van der Waals surface area contributed by atoms with Gasteiger partial charge in [0.2, 0.25) is 5.13 Å². The fraction of sp³-hybridized carbons (Fsp3) is 0.857. The van der Waals surface area contributed by atoms with E-state index in [1.807, 2.05) is 0 Å². The number of unbranched alkanes of at least 4 members (excludes halogenated alkanes) is 3. The van der Waals surface area contributed by atoms with Crippen molar-refractivity contribution in [2.45, 2.75) is 65.7 Å². The average Bonchev–Trinajstić information content (AvgIpc) is 2.76. The van der Waals surface area contributed by atoms with Crippen molar-refractivity contribution in [3.8, 4) is 0 Å². The molecule has 18 heavy (non-hydrogen) atoms. The molecule has 0 aliphatic heterocycles. The van der Waals surface area contributed by atoms with Gasteiger partial charge in [-0.2, -0.15) is 4.37 Å². The van der Waals surface area contributed by atoms with Crippen LogP contribution in [0.3, 0.4) is 0 Å². The zero-order valence-electron chi connectivity index (χ0n) is 12.0. The maximum Gasteiger partial charge on any atom is 0.202 e. The molecular formula is C14H27N3S. The zero-order valence-corrected chi connectivity index (χ0v) is 12.9. The van der Waals surface area contributed by atoms with Gasteiger partial charge >= 0.3 is 0 Å². The highest BCUT2D eigenvalue weighted by atomic mass is 32.1. The highest BCUT2D eigenvalue weighted by molar-refractivity contribution is 7.09. The van der Waals surface area contributed by atoms with E-state index in [1.165, 1.54) is 43.6 Å². The van der Waals surface area contributed by atoms with Gasteiger partial charge in [0, 0.05) is 24.5 Å². The molecule has 0 unspecified atom stereocenters. The van der Waals surface area contributed by atoms with Crippen LogP contribution in [0.4, 0.5) is 5.13 Å². The minimum atomic E-state index is 0.849. The minimum Gasteiger partial charge on any atom is -0.360 e. The molecule has 0 bridgehead atoms. The first-order chi connectivity index (χ1) is 8.72. The van der Waals surface area contributed by atoms with Gasteiger partial charge in [-0.25, -0.2) is 4.98 Å². The minimum absolute atomic E-state index is 0.849. The number of aromatic nitrogens is 2. The Bertz CT molecular complexity index is 310. The second kappa shape index (κ2) is 9.31. The van der Waals surface area contributed by atoms with E-state index in [1.54, 1.807) is 0 Å². The van der Waals surface area contributed by atoms with E-state index in [0.29, 0.717) is 0 Å². The number of hydrogen-bond donors (Lipinski definition) is 1. The molecule has 0 spiro atoms. The molecule has 1 heterocycles. The summed E-state index contributed by atoms with van der Waals surface area (Å²) in [5.74, 6) is 1.84. The van der Waals surface area contributed by atoms with Crippen molar-refractivity contribution in [2.24, 2.45) is 5.92 Å². The summed E-state index contributed by atoms with van der Waals surface area (Å²) in [6, 6.07) is 0. The Hall–Kier alpha value is -0.640. The molecule has 0 aliphatic rings. The molecule has 0 amide bonds. The molecule has 1 aromatic heterocycles. The number of nitrogens with zero attached hydrogens (tertiary/aromatic N) is 2. The smallest absolute Gasteiger partial charge is 0.202 e. The van der Waals surface area contributed by atoms with Gasteiger partial charge in [-0.05, 0) is 18.8 Å². The second-order valence-corrected chi connectivity index (χ2v) is 6.04. The molecule has 1 N–H and O–H groups in total. The summed E-state index contributed by atoms with van der Waals surface area (Å²) in [5.41, 5.74) is 0. The van der Waals surface area contributed by atoms with Gasteiger partial charge in [0.05, 0.1) is 0 Å². The first kappa shape index (κ1) is 15.4. The molecule has 0 saturated carbocycles. The van der Waals surface area contributed by atoms with E-state index >= 15 is 0 Å². The molecule has 3 nitrogen and oxygen atoms in total. The number of rotatable bonds is 10. The lowest BCUT2D eigenvalue weighted by Gasteiger charge is -2.04. The van der Waals surface area contributed by atoms with Gasteiger partial charge in [0.15, 0.2) is 0 Å². The molecule has 0 fully saturated rings. The van der Waals surface area contributed by atoms with Crippen LogP contribution < -0.4 is 5.32 Å². The lowest BCUT2D eigenvalue weighted by atomic mass is 10.0. The molecule has 4 heteroatoms. The summed E-state index contributed by atoms with van der Waals surface area (Å²) < 4.78 is 4.32. The van der Waals surface area contributed by atoms with Crippen LogP contribution in [0, 0.1) is 5.92 Å². The quantitative estimate of drug-likeness (QED) is 0.635. The number of anilines is 1. The van der Waals surface area contributed by atoms with Gasteiger partial charge < -0.3 is 5.32 Å². The lowest BCUT2D eigenvalue weighted by Crippen LogP contribution is -2.01. The third-order valence-corrected chi connectivity index (χ3v) is 3.64. The second-order valence-electron chi connectivity index (χ2n) is 5.29. The summed E-state index contributed by atoms with van der Waals surface area (Å²) >= 11 is 1.49. The van der Waals surface area contributed by atoms with E-state index in [2.05, 4.69) is 35.4 Å². The summed E-state index contributed by atoms with van der Waals surface area (Å²) in [4.78, 5) is 4.45. The van der Waals surface area contributed by atoms with Gasteiger partial charge in [-0.1, -0.05) is 46.5 Å². The van der Waals surface area contributed by atoms with Crippen LogP contribution in [0.15, 0.2) is 0 Å². The monoisotopic (exact) mass is 269 g/mol. The van der Waals surface area contributed by atoms with Gasteiger partial charge in [-0.3, -0.25) is 0 Å². The van der Waals surface area contributed by atoms with Crippen molar-refractivity contribution in [3.05, 3.63) is 5.82 Å². The third kappa shape index (κ3) is 6.94. The normalized spacial score (nSPS) is 11.1. The van der Waals surface area contributed by atoms with Crippen LogP contribution >= 0.6 is 11.5 Å². The zero-order chi connectivity index (χ0) is 13.2. The summed E-state index contributed by atoms with van der Waals surface area (Å²) in [5, 5.41) is 4.35. The predicted molar refractivity (Wildman–Crippen MR) is 80.3 cm³/mol. The average molecular weight is 269 g/mol. The van der Waals surface area contributed by atoms with Gasteiger partial charge in [0.1, 0.15) is 5.82 Å². The lowest BCUT2D eigenvalue weighted by molar-refractivity contribution is 0.523. The fourth-order valence-electron chi connectivity index (χ4n) is 1.88. The molecule has 104 valence electrons. The topological polar surface area (TPSA) is 37.8 Å². The van der Waals surface area contributed by atoms with Crippen LogP contribution in [-0.2, 0) is 6.42 Å². The van der Waals surface area contributed by atoms with Crippen molar-refractivity contribution >= 4 is 16.7 Å². The van der Waals surface area contributed by atoms with Crippen LogP contribution in [0.2, 0.25) is 0 Å². The largest absolute Gasteiger partial charge is 0.360 e. The van der Waals surface area contributed by atoms with E-state index in [-0.39, 0.29) is 0 Å². The molecule has 0 atom stereocenters. The van der Waals surface area contributed by atoms with Crippen molar-refractivity contribution in [2.75, 3.05) is 11.9 Å². The van der Waals surface area contributed by atoms with E-state index in [0.717, 1.165) is 36.3 Å². The van der Waals surface area contributed by atoms with Gasteiger partial charge in [-0.15, -0.1) is 0 Å². The predicted octanol–water partition coefficient (Wildman–Crippen LogP) is 4.51. The Morgan fingerprint density at radius 1 is 1.17 bits per heavy atom. The molecule has 0 saturated heterocycles. The SMILES string of the molecule is CCCc1nsc(NCCCCCCC(C)C)n1. The summed E-state index contributed by atoms with van der Waals surface area (Å²) in [6.45, 7) is 7.78. The number of hydrogen-bond acceptors (Lipinski definition) is 4. The third-order valence-electron chi connectivity index (χ3n) is 2.93. The van der Waals surface area contributed by atoms with Crippen LogP contribution in [-0.4, -0.2) is 15.9 Å². The summed E-state index contributed by atoms with van der Waals surface area (Å²) in [6.07, 6.45) is 8.76. The van der Waals surface area contributed by atoms with Gasteiger partial charge in [0.25, 0.3) is 0 Å². The first-order valence-electron chi connectivity index (χ1n) is 7.28. The van der Waals surface area contributed by atoms with Crippen molar-refractivity contribution < 1.29 is 0 Å². The van der Waals surface area contributed by atoms with Crippen LogP contribution in [0.5, 0.6) is 0 Å². The highest BCUT2D eigenvalue weighted by Gasteiger charge is 2.01. The Morgan fingerprint density at radius 2 is 1.94 bits per heavy atom. The first-order valence-corrected chi connectivity index (χ1v) is 8.06. The Balaban J connectivity index is 2.00. The van der Waals surface area contributed by atoms with Crippen molar-refractivity contribution in [1.82, 2.24) is 9.36 Å². The fourth-order valence-corrected chi connectivity index (χ4v) is 2.51. The molecule has 0 radical (unpaired) electrons. The van der Waals surface area contributed by atoms with E-state index < -0.39 is 0 Å². The molecule has 1 rings (SSSR count). The van der Waals surface area contributed by atoms with Crippen molar-refractivity contribution in [3.63, 3.8) is 0 Å². The Morgan fingerprint density at radius 3 is 2.67 bits per heavy atom. The summed E-state index contributed by atoms with van der Waals surface area (Å²) in [7, 11) is 0. The van der Waals surface area contributed by atoms with E-state index in [4.69, 9.17) is 0 Å². The standard InChI is InChI=1S/C14H27N3S/c1-4-9-13-16-14(18-17-13)15-11-8-6-5-7-10-12(2)3/h12H,4-11H2,1-3H3,(H,15,16,17). The molecule has 0 aromatic carbocycles. The van der Waals surface area contributed by atoms with Crippen LogP contribution in [0.25, 0.3) is 0 Å². The molecule has 0 aliphatic carbocycles. The molecular weight excluding hydrogens is 242 g/mol. The Labute approximate surface area is 116 Å². The molecule has 1 aromatic rings. The van der Waals surface area contributed by atoms with E-state index in [9.17, 15) is 0 Å². The Kier molecular flexibility index (Phi) is 7.98.